The Kier molecular flexibility index (Phi) is 6.40. The van der Waals surface area contributed by atoms with Crippen LogP contribution in [0.15, 0.2) is 49.1 Å². The van der Waals surface area contributed by atoms with Crippen molar-refractivity contribution in [3.63, 3.8) is 0 Å². The molecule has 25 heavy (non-hydrogen) atoms. The minimum atomic E-state index is -0.386. The first-order valence-electron chi connectivity index (χ1n) is 8.65. The number of anilines is 2. The summed E-state index contributed by atoms with van der Waals surface area (Å²) in [5.41, 5.74) is 11.3. The van der Waals surface area contributed by atoms with E-state index in [1.807, 2.05) is 51.1 Å². The van der Waals surface area contributed by atoms with Crippen molar-refractivity contribution in [1.29, 1.82) is 0 Å². The number of hydrogen-bond acceptors (Lipinski definition) is 2. The van der Waals surface area contributed by atoms with E-state index in [4.69, 9.17) is 5.73 Å². The molecule has 0 radical (unpaired) electrons. The molecule has 0 unspecified atom stereocenters. The standard InChI is InChI=1S/C22H27FN2/c1-5-10-15(2)19-16(3)17(4)22(20(23)21(19)24)25-14-9-13-18-11-7-6-8-12-18/h5-8,10-12,25H,2,9,13-14,24H2,1,3-4H3/b10-5-. The van der Waals surface area contributed by atoms with Gasteiger partial charge in [0.05, 0.1) is 11.4 Å². The summed E-state index contributed by atoms with van der Waals surface area (Å²) in [6.07, 6.45) is 5.61. The molecule has 0 amide bonds. The summed E-state index contributed by atoms with van der Waals surface area (Å²) in [5.74, 6) is -0.386. The molecule has 0 heterocycles. The van der Waals surface area contributed by atoms with Crippen molar-refractivity contribution in [2.24, 2.45) is 0 Å². The van der Waals surface area contributed by atoms with Crippen molar-refractivity contribution in [3.8, 4) is 0 Å². The molecule has 0 atom stereocenters. The molecule has 0 aliphatic rings. The van der Waals surface area contributed by atoms with Crippen LogP contribution >= 0.6 is 0 Å². The van der Waals surface area contributed by atoms with Crippen molar-refractivity contribution in [1.82, 2.24) is 0 Å². The average molecular weight is 338 g/mol. The molecule has 0 aliphatic carbocycles. The molecule has 0 saturated carbocycles. The molecule has 3 N–H and O–H groups in total. The van der Waals surface area contributed by atoms with Gasteiger partial charge in [0.1, 0.15) is 0 Å². The second kappa shape index (κ2) is 8.52. The van der Waals surface area contributed by atoms with Crippen LogP contribution in [0.1, 0.15) is 35.6 Å². The zero-order valence-corrected chi connectivity index (χ0v) is 15.3. The Morgan fingerprint density at radius 1 is 1.20 bits per heavy atom. The fraction of sp³-hybridized carbons (Fsp3) is 0.273. The Morgan fingerprint density at radius 2 is 1.88 bits per heavy atom. The molecule has 0 fully saturated rings. The van der Waals surface area contributed by atoms with Gasteiger partial charge in [0.2, 0.25) is 0 Å². The normalized spacial score (nSPS) is 11.0. The second-order valence-electron chi connectivity index (χ2n) is 6.27. The minimum absolute atomic E-state index is 0.164. The predicted molar refractivity (Wildman–Crippen MR) is 107 cm³/mol. The zero-order valence-electron chi connectivity index (χ0n) is 15.3. The van der Waals surface area contributed by atoms with Crippen LogP contribution in [-0.2, 0) is 6.42 Å². The molecule has 2 aromatic carbocycles. The average Bonchev–Trinajstić information content (AvgIpc) is 2.61. The number of nitrogens with one attached hydrogen (secondary N) is 1. The lowest BCUT2D eigenvalue weighted by molar-refractivity contribution is 0.632. The Labute approximate surface area is 150 Å². The van der Waals surface area contributed by atoms with Crippen molar-refractivity contribution < 1.29 is 4.39 Å². The van der Waals surface area contributed by atoms with E-state index in [0.717, 1.165) is 29.5 Å². The van der Waals surface area contributed by atoms with Crippen LogP contribution in [0, 0.1) is 19.7 Å². The maximum atomic E-state index is 14.8. The topological polar surface area (TPSA) is 38.0 Å². The molecule has 2 aromatic rings. The minimum Gasteiger partial charge on any atom is -0.396 e. The van der Waals surface area contributed by atoms with Crippen molar-refractivity contribution in [2.45, 2.75) is 33.6 Å². The van der Waals surface area contributed by atoms with Gasteiger partial charge in [-0.3, -0.25) is 0 Å². The summed E-state index contributed by atoms with van der Waals surface area (Å²) in [7, 11) is 0. The number of nitrogen functional groups attached to an aromatic ring is 1. The zero-order chi connectivity index (χ0) is 18.4. The van der Waals surface area contributed by atoms with Crippen LogP contribution in [0.25, 0.3) is 5.57 Å². The lowest BCUT2D eigenvalue weighted by Gasteiger charge is -2.19. The van der Waals surface area contributed by atoms with Crippen molar-refractivity contribution >= 4 is 16.9 Å². The highest BCUT2D eigenvalue weighted by atomic mass is 19.1. The number of benzene rings is 2. The predicted octanol–water partition coefficient (Wildman–Crippen LogP) is 5.66. The highest BCUT2D eigenvalue weighted by molar-refractivity contribution is 5.85. The lowest BCUT2D eigenvalue weighted by Crippen LogP contribution is -2.11. The number of aryl methyl sites for hydroxylation is 1. The smallest absolute Gasteiger partial charge is 0.170 e. The maximum Gasteiger partial charge on any atom is 0.170 e. The molecule has 0 aromatic heterocycles. The molecule has 0 bridgehead atoms. The quantitative estimate of drug-likeness (QED) is 0.388. The Hall–Kier alpha value is -2.55. The molecular weight excluding hydrogens is 311 g/mol. The van der Waals surface area contributed by atoms with E-state index < -0.39 is 0 Å². The lowest BCUT2D eigenvalue weighted by atomic mass is 9.93. The number of halogens is 1. The van der Waals surface area contributed by atoms with Gasteiger partial charge in [0.15, 0.2) is 5.82 Å². The van der Waals surface area contributed by atoms with Crippen LogP contribution in [0.3, 0.4) is 0 Å². The highest BCUT2D eigenvalue weighted by Gasteiger charge is 2.18. The van der Waals surface area contributed by atoms with Crippen LogP contribution < -0.4 is 11.1 Å². The summed E-state index contributed by atoms with van der Waals surface area (Å²) in [5, 5.41) is 3.23. The van der Waals surface area contributed by atoms with E-state index in [0.29, 0.717) is 17.8 Å². The first kappa shape index (κ1) is 18.8. The highest BCUT2D eigenvalue weighted by Crippen LogP contribution is 2.36. The molecule has 0 aliphatic heterocycles. The van der Waals surface area contributed by atoms with E-state index in [-0.39, 0.29) is 11.5 Å². The van der Waals surface area contributed by atoms with E-state index >= 15 is 0 Å². The van der Waals surface area contributed by atoms with E-state index in [9.17, 15) is 4.39 Å². The van der Waals surface area contributed by atoms with Gasteiger partial charge < -0.3 is 11.1 Å². The first-order chi connectivity index (χ1) is 12.0. The summed E-state index contributed by atoms with van der Waals surface area (Å²) >= 11 is 0. The monoisotopic (exact) mass is 338 g/mol. The number of rotatable bonds is 7. The Balaban J connectivity index is 2.14. The third-order valence-corrected chi connectivity index (χ3v) is 4.51. The molecule has 0 saturated heterocycles. The van der Waals surface area contributed by atoms with Crippen LogP contribution in [0.2, 0.25) is 0 Å². The SMILES string of the molecule is C=C(/C=C\C)c1c(C)c(C)c(NCCCc2ccccc2)c(F)c1N. The van der Waals surface area contributed by atoms with Gasteiger partial charge >= 0.3 is 0 Å². The Bertz CT molecular complexity index is 747. The van der Waals surface area contributed by atoms with Gasteiger partial charge in [0.25, 0.3) is 0 Å². The van der Waals surface area contributed by atoms with Gasteiger partial charge in [-0.05, 0) is 55.9 Å². The molecular formula is C22H27FN2. The number of allylic oxidation sites excluding steroid dienone is 3. The Morgan fingerprint density at radius 3 is 2.52 bits per heavy atom. The molecule has 2 nitrogen and oxygen atoms in total. The summed E-state index contributed by atoms with van der Waals surface area (Å²) < 4.78 is 14.8. The fourth-order valence-corrected chi connectivity index (χ4v) is 3.05. The maximum absolute atomic E-state index is 14.8. The number of nitrogens with two attached hydrogens (primary N) is 1. The molecule has 0 spiro atoms. The van der Waals surface area contributed by atoms with E-state index in [1.165, 1.54) is 5.56 Å². The van der Waals surface area contributed by atoms with Crippen LogP contribution in [-0.4, -0.2) is 6.54 Å². The van der Waals surface area contributed by atoms with Crippen LogP contribution in [0.4, 0.5) is 15.8 Å². The first-order valence-corrected chi connectivity index (χ1v) is 8.65. The van der Waals surface area contributed by atoms with Crippen molar-refractivity contribution in [3.05, 3.63) is 77.1 Å². The van der Waals surface area contributed by atoms with E-state index in [1.54, 1.807) is 0 Å². The largest absolute Gasteiger partial charge is 0.396 e. The third-order valence-electron chi connectivity index (χ3n) is 4.51. The van der Waals surface area contributed by atoms with E-state index in [2.05, 4.69) is 24.0 Å². The van der Waals surface area contributed by atoms with Gasteiger partial charge in [-0.1, -0.05) is 49.1 Å². The molecule has 3 heteroatoms. The van der Waals surface area contributed by atoms with Crippen molar-refractivity contribution in [2.75, 3.05) is 17.6 Å². The van der Waals surface area contributed by atoms with Gasteiger partial charge in [-0.15, -0.1) is 0 Å². The summed E-state index contributed by atoms with van der Waals surface area (Å²) in [6, 6.07) is 10.3. The second-order valence-corrected chi connectivity index (χ2v) is 6.27. The van der Waals surface area contributed by atoms with Gasteiger partial charge in [-0.25, -0.2) is 4.39 Å². The third kappa shape index (κ3) is 4.30. The van der Waals surface area contributed by atoms with Crippen LogP contribution in [0.5, 0.6) is 0 Å². The van der Waals surface area contributed by atoms with Gasteiger partial charge in [0, 0.05) is 12.1 Å². The summed E-state index contributed by atoms with van der Waals surface area (Å²) in [4.78, 5) is 0. The molecule has 2 rings (SSSR count). The van der Waals surface area contributed by atoms with Gasteiger partial charge in [-0.2, -0.15) is 0 Å². The number of hydrogen-bond donors (Lipinski definition) is 2. The summed E-state index contributed by atoms with van der Waals surface area (Å²) in [6.45, 7) is 10.5. The fourth-order valence-electron chi connectivity index (χ4n) is 3.05. The molecule has 132 valence electrons.